The maximum Gasteiger partial charge on any atom is 0.344 e. The smallest absolute Gasteiger partial charge is 0.344 e. The van der Waals surface area contributed by atoms with Crippen LogP contribution in [0.15, 0.2) is 52.5 Å². The number of carbonyl (C=O) groups is 3. The fourth-order valence-electron chi connectivity index (χ4n) is 2.31. The Morgan fingerprint density at radius 2 is 2.00 bits per heavy atom. The average Bonchev–Trinajstić information content (AvgIpc) is 2.71. The first-order valence-electron chi connectivity index (χ1n) is 8.68. The number of nitrogens with zero attached hydrogens (tertiary/aromatic N) is 1. The molecule has 0 saturated carbocycles. The van der Waals surface area contributed by atoms with Crippen molar-refractivity contribution in [1.29, 1.82) is 5.26 Å². The number of amides is 1. The topological polar surface area (TPSA) is 126 Å². The van der Waals surface area contributed by atoms with Gasteiger partial charge in [0, 0.05) is 5.69 Å². The summed E-state index contributed by atoms with van der Waals surface area (Å²) in [5, 5.41) is 20.9. The Bertz CT molecular complexity index is 1040. The van der Waals surface area contributed by atoms with E-state index in [0.29, 0.717) is 15.8 Å². The lowest BCUT2D eigenvalue weighted by molar-refractivity contribution is -0.145. The van der Waals surface area contributed by atoms with Crippen molar-refractivity contribution in [2.45, 2.75) is 6.92 Å². The van der Waals surface area contributed by atoms with Gasteiger partial charge in [0.1, 0.15) is 17.4 Å². The minimum atomic E-state index is -1.13. The quantitative estimate of drug-likeness (QED) is 0.341. The van der Waals surface area contributed by atoms with Gasteiger partial charge in [0.15, 0.2) is 6.61 Å². The van der Waals surface area contributed by atoms with Crippen molar-refractivity contribution in [3.05, 3.63) is 63.6 Å². The van der Waals surface area contributed by atoms with Crippen molar-refractivity contribution < 1.29 is 29.0 Å². The molecule has 0 spiro atoms. The van der Waals surface area contributed by atoms with Crippen LogP contribution in [0.5, 0.6) is 5.75 Å². The van der Waals surface area contributed by atoms with Gasteiger partial charge < -0.3 is 19.9 Å². The molecule has 0 atom stereocenters. The van der Waals surface area contributed by atoms with E-state index in [4.69, 9.17) is 14.6 Å². The van der Waals surface area contributed by atoms with Gasteiger partial charge in [-0.15, -0.1) is 0 Å². The van der Waals surface area contributed by atoms with Gasteiger partial charge in [0.05, 0.1) is 16.6 Å². The van der Waals surface area contributed by atoms with E-state index in [0.717, 1.165) is 0 Å². The van der Waals surface area contributed by atoms with E-state index in [1.807, 2.05) is 6.07 Å². The Hall–Kier alpha value is -3.64. The van der Waals surface area contributed by atoms with Crippen molar-refractivity contribution in [2.24, 2.45) is 0 Å². The molecule has 8 nitrogen and oxygen atoms in total. The number of esters is 1. The number of hydrogen-bond acceptors (Lipinski definition) is 6. The van der Waals surface area contributed by atoms with Crippen LogP contribution in [0.25, 0.3) is 6.08 Å². The van der Waals surface area contributed by atoms with Crippen LogP contribution < -0.4 is 10.1 Å². The van der Waals surface area contributed by atoms with Gasteiger partial charge in [0.2, 0.25) is 0 Å². The predicted molar refractivity (Wildman–Crippen MR) is 112 cm³/mol. The highest BCUT2D eigenvalue weighted by molar-refractivity contribution is 9.10. The molecule has 0 aliphatic carbocycles. The third-order valence-electron chi connectivity index (χ3n) is 3.65. The third-order valence-corrected chi connectivity index (χ3v) is 4.27. The van der Waals surface area contributed by atoms with Crippen LogP contribution in [-0.2, 0) is 14.3 Å². The van der Waals surface area contributed by atoms with Crippen LogP contribution >= 0.6 is 15.9 Å². The van der Waals surface area contributed by atoms with Gasteiger partial charge in [-0.05, 0) is 64.8 Å². The predicted octanol–water partition coefficient (Wildman–Crippen LogP) is 3.63. The largest absolute Gasteiger partial charge is 0.481 e. The molecule has 1 amide bonds. The van der Waals surface area contributed by atoms with Gasteiger partial charge in [-0.3, -0.25) is 4.79 Å². The molecule has 2 aromatic carbocycles. The molecule has 154 valence electrons. The normalized spacial score (nSPS) is 10.6. The summed E-state index contributed by atoms with van der Waals surface area (Å²) in [4.78, 5) is 34.8. The Morgan fingerprint density at radius 3 is 2.63 bits per heavy atom. The van der Waals surface area contributed by atoms with Crippen LogP contribution in [0.2, 0.25) is 0 Å². The monoisotopic (exact) mass is 472 g/mol. The lowest BCUT2D eigenvalue weighted by atomic mass is 10.1. The molecule has 2 rings (SSSR count). The summed E-state index contributed by atoms with van der Waals surface area (Å²) in [5.74, 6) is -1.91. The molecule has 0 unspecified atom stereocenters. The molecule has 2 N–H and O–H groups in total. The minimum Gasteiger partial charge on any atom is -0.481 e. The summed E-state index contributed by atoms with van der Waals surface area (Å²) in [6.07, 6.45) is 1.37. The first-order valence-corrected chi connectivity index (χ1v) is 9.47. The summed E-state index contributed by atoms with van der Waals surface area (Å²) >= 11 is 3.31. The highest BCUT2D eigenvalue weighted by atomic mass is 79.9. The fourth-order valence-corrected chi connectivity index (χ4v) is 2.82. The summed E-state index contributed by atoms with van der Waals surface area (Å²) in [7, 11) is 0. The molecule has 0 aliphatic rings. The zero-order valence-electron chi connectivity index (χ0n) is 15.8. The number of nitrogens with one attached hydrogen (secondary N) is 1. The maximum atomic E-state index is 12.4. The second-order valence-electron chi connectivity index (χ2n) is 5.79. The molecule has 0 bridgehead atoms. The molecule has 0 radical (unpaired) electrons. The van der Waals surface area contributed by atoms with Crippen LogP contribution in [0.4, 0.5) is 5.69 Å². The summed E-state index contributed by atoms with van der Waals surface area (Å²) in [6.45, 7) is 1.70. The van der Waals surface area contributed by atoms with E-state index in [1.54, 1.807) is 25.1 Å². The van der Waals surface area contributed by atoms with Crippen molar-refractivity contribution in [2.75, 3.05) is 18.5 Å². The molecule has 9 heteroatoms. The molecule has 0 heterocycles. The molecule has 2 aromatic rings. The lowest BCUT2D eigenvalue weighted by Crippen LogP contribution is -2.14. The molecular weight excluding hydrogens is 456 g/mol. The summed E-state index contributed by atoms with van der Waals surface area (Å²) in [5.41, 5.74) is 0.627. The summed E-state index contributed by atoms with van der Waals surface area (Å²) < 4.78 is 10.7. The van der Waals surface area contributed by atoms with Gasteiger partial charge in [-0.1, -0.05) is 12.1 Å². The maximum absolute atomic E-state index is 12.4. The Labute approximate surface area is 180 Å². The number of carbonyl (C=O) groups excluding carboxylic acids is 2. The van der Waals surface area contributed by atoms with Crippen molar-refractivity contribution in [3.8, 4) is 11.8 Å². The Balaban J connectivity index is 2.13. The van der Waals surface area contributed by atoms with Crippen LogP contribution in [0.3, 0.4) is 0 Å². The van der Waals surface area contributed by atoms with E-state index in [2.05, 4.69) is 21.2 Å². The second-order valence-corrected chi connectivity index (χ2v) is 6.65. The zero-order chi connectivity index (χ0) is 22.1. The number of anilines is 1. The van der Waals surface area contributed by atoms with E-state index in [1.165, 1.54) is 30.3 Å². The molecule has 0 saturated heterocycles. The van der Waals surface area contributed by atoms with Crippen LogP contribution in [0, 0.1) is 11.3 Å². The number of carboxylic acids is 1. The number of rotatable bonds is 8. The summed E-state index contributed by atoms with van der Waals surface area (Å²) in [6, 6.07) is 12.3. The van der Waals surface area contributed by atoms with Crippen molar-refractivity contribution in [3.63, 3.8) is 0 Å². The first-order chi connectivity index (χ1) is 14.3. The van der Waals surface area contributed by atoms with Crippen molar-refractivity contribution >= 4 is 45.5 Å². The number of aromatic carboxylic acids is 1. The van der Waals surface area contributed by atoms with Gasteiger partial charge >= 0.3 is 11.9 Å². The van der Waals surface area contributed by atoms with Crippen LogP contribution in [0.1, 0.15) is 22.8 Å². The minimum absolute atomic E-state index is 0.0117. The number of carboxylic acid groups (broad SMARTS) is 1. The number of halogens is 1. The van der Waals surface area contributed by atoms with Gasteiger partial charge in [-0.25, -0.2) is 9.59 Å². The van der Waals surface area contributed by atoms with Gasteiger partial charge in [0.25, 0.3) is 5.91 Å². The fraction of sp³-hybridized carbons (Fsp3) is 0.143. The van der Waals surface area contributed by atoms with E-state index < -0.39 is 17.8 Å². The van der Waals surface area contributed by atoms with Crippen LogP contribution in [-0.4, -0.2) is 36.2 Å². The van der Waals surface area contributed by atoms with Crippen molar-refractivity contribution in [1.82, 2.24) is 0 Å². The van der Waals surface area contributed by atoms with E-state index >= 15 is 0 Å². The van der Waals surface area contributed by atoms with Gasteiger partial charge in [-0.2, -0.15) is 5.26 Å². The zero-order valence-corrected chi connectivity index (χ0v) is 17.4. The first kappa shape index (κ1) is 22.6. The SMILES string of the molecule is CCOC(=O)COc1ccc(/C=C(/C#N)C(=O)Nc2cccc(C(=O)O)c2)cc1Br. The molecule has 30 heavy (non-hydrogen) atoms. The molecule has 0 aromatic heterocycles. The second kappa shape index (κ2) is 10.8. The number of benzene rings is 2. The van der Waals surface area contributed by atoms with E-state index in [9.17, 15) is 19.6 Å². The molecular formula is C21H17BrN2O6. The molecule has 0 aliphatic heterocycles. The highest BCUT2D eigenvalue weighted by Crippen LogP contribution is 2.27. The lowest BCUT2D eigenvalue weighted by Gasteiger charge is -2.09. The third kappa shape index (κ3) is 6.46. The standard InChI is InChI=1S/C21H17BrN2O6/c1-2-29-19(25)12-30-18-7-6-13(9-17(18)22)8-15(11-23)20(26)24-16-5-3-4-14(10-16)21(27)28/h3-10H,2,12H2,1H3,(H,24,26)(H,27,28)/b15-8-. The number of nitriles is 1. The number of hydrogen-bond donors (Lipinski definition) is 2. The van der Waals surface area contributed by atoms with E-state index in [-0.39, 0.29) is 30.0 Å². The Kier molecular flexibility index (Phi) is 8.14. The number of ether oxygens (including phenoxy) is 2. The average molecular weight is 473 g/mol. The molecule has 0 fully saturated rings. The Morgan fingerprint density at radius 1 is 1.23 bits per heavy atom. The highest BCUT2D eigenvalue weighted by Gasteiger charge is 2.12.